The summed E-state index contributed by atoms with van der Waals surface area (Å²) < 4.78 is 73.2. The molecular weight excluding hydrogens is 543 g/mol. The van der Waals surface area contributed by atoms with E-state index in [0.717, 1.165) is 17.7 Å². The molecule has 0 unspecified atom stereocenters. The van der Waals surface area contributed by atoms with Gasteiger partial charge in [-0.15, -0.1) is 0 Å². The van der Waals surface area contributed by atoms with E-state index in [1.165, 1.54) is 30.5 Å². The number of alkyl halides is 3. The molecule has 0 aliphatic carbocycles. The monoisotopic (exact) mass is 565 g/mol. The Labute approximate surface area is 223 Å². The number of hydrogen-bond acceptors (Lipinski definition) is 5. The molecule has 38 heavy (non-hydrogen) atoms. The number of rotatable bonds is 10. The lowest BCUT2D eigenvalue weighted by Gasteiger charge is -2.25. The Hall–Kier alpha value is -3.83. The SMILES string of the molecule is C=CCOc1ccc(/C=N\NC(=O)CN(c2ccc(Cl)c(C(F)(F)F)c2)S(=O)(=O)c2ccc(C)cc2)cc1. The van der Waals surface area contributed by atoms with E-state index in [4.69, 9.17) is 16.3 Å². The maximum atomic E-state index is 13.5. The van der Waals surface area contributed by atoms with Gasteiger partial charge in [-0.25, -0.2) is 13.8 Å². The van der Waals surface area contributed by atoms with Crippen LogP contribution in [0.3, 0.4) is 0 Å². The van der Waals surface area contributed by atoms with E-state index in [-0.39, 0.29) is 4.90 Å². The van der Waals surface area contributed by atoms with Crippen molar-refractivity contribution in [2.24, 2.45) is 5.10 Å². The van der Waals surface area contributed by atoms with Crippen molar-refractivity contribution in [3.05, 3.63) is 101 Å². The lowest BCUT2D eigenvalue weighted by Crippen LogP contribution is -2.39. The van der Waals surface area contributed by atoms with Crippen LogP contribution in [-0.2, 0) is 21.0 Å². The van der Waals surface area contributed by atoms with Crippen LogP contribution in [0.15, 0.2) is 89.4 Å². The van der Waals surface area contributed by atoms with E-state index >= 15 is 0 Å². The van der Waals surface area contributed by atoms with Crippen LogP contribution < -0.4 is 14.5 Å². The van der Waals surface area contributed by atoms with Crippen LogP contribution in [0.25, 0.3) is 0 Å². The number of ether oxygens (including phenoxy) is 1. The molecule has 0 heterocycles. The molecule has 0 spiro atoms. The average molecular weight is 566 g/mol. The van der Waals surface area contributed by atoms with Gasteiger partial charge in [0.25, 0.3) is 15.9 Å². The first-order valence-corrected chi connectivity index (χ1v) is 12.9. The van der Waals surface area contributed by atoms with Crippen molar-refractivity contribution >= 4 is 39.4 Å². The molecule has 3 aromatic carbocycles. The highest BCUT2D eigenvalue weighted by molar-refractivity contribution is 7.92. The molecule has 1 N–H and O–H groups in total. The minimum absolute atomic E-state index is 0.207. The molecule has 0 saturated carbocycles. The Balaban J connectivity index is 1.87. The summed E-state index contributed by atoms with van der Waals surface area (Å²) >= 11 is 5.70. The molecule has 12 heteroatoms. The number of hydrazone groups is 1. The molecule has 0 aliphatic heterocycles. The largest absolute Gasteiger partial charge is 0.490 e. The fourth-order valence-corrected chi connectivity index (χ4v) is 4.83. The van der Waals surface area contributed by atoms with Gasteiger partial charge in [0, 0.05) is 0 Å². The van der Waals surface area contributed by atoms with Crippen molar-refractivity contribution in [1.82, 2.24) is 5.43 Å². The highest BCUT2D eigenvalue weighted by Gasteiger charge is 2.35. The molecule has 0 aromatic heterocycles. The molecule has 0 saturated heterocycles. The van der Waals surface area contributed by atoms with Crippen LogP contribution in [0, 0.1) is 6.92 Å². The fourth-order valence-electron chi connectivity index (χ4n) is 3.19. The molecule has 0 aliphatic rings. The second kappa shape index (κ2) is 12.1. The highest BCUT2D eigenvalue weighted by Crippen LogP contribution is 2.38. The first-order valence-electron chi connectivity index (χ1n) is 11.0. The number of nitrogens with one attached hydrogen (secondary N) is 1. The Morgan fingerprint density at radius 2 is 1.76 bits per heavy atom. The standard InChI is InChI=1S/C26H23ClF3N3O4S/c1-3-14-37-21-9-6-19(7-10-21)16-31-32-25(34)17-33(38(35,36)22-11-4-18(2)5-12-22)20-8-13-24(27)23(15-20)26(28,29)30/h3-13,15-16H,1,14,17H2,2H3,(H,32,34)/b31-16-. The van der Waals surface area contributed by atoms with Gasteiger partial charge in [-0.2, -0.15) is 18.3 Å². The van der Waals surface area contributed by atoms with Crippen molar-refractivity contribution < 1.29 is 31.1 Å². The second-order valence-electron chi connectivity index (χ2n) is 7.95. The molecule has 0 atom stereocenters. The zero-order valence-electron chi connectivity index (χ0n) is 20.1. The summed E-state index contributed by atoms with van der Waals surface area (Å²) in [5.41, 5.74) is 1.95. The van der Waals surface area contributed by atoms with E-state index in [0.29, 0.717) is 28.3 Å². The smallest absolute Gasteiger partial charge is 0.417 e. The van der Waals surface area contributed by atoms with Gasteiger partial charge in [-0.05, 0) is 67.1 Å². The topological polar surface area (TPSA) is 88.1 Å². The van der Waals surface area contributed by atoms with Crippen molar-refractivity contribution in [2.45, 2.75) is 18.0 Å². The van der Waals surface area contributed by atoms with Crippen molar-refractivity contribution in [3.8, 4) is 5.75 Å². The minimum Gasteiger partial charge on any atom is -0.490 e. The van der Waals surface area contributed by atoms with Gasteiger partial charge >= 0.3 is 6.18 Å². The third-order valence-corrected chi connectivity index (χ3v) is 7.21. The van der Waals surface area contributed by atoms with Crippen molar-refractivity contribution in [2.75, 3.05) is 17.5 Å². The van der Waals surface area contributed by atoms with Crippen LogP contribution >= 0.6 is 11.6 Å². The molecule has 3 aromatic rings. The summed E-state index contributed by atoms with van der Waals surface area (Å²) in [5.74, 6) is -0.282. The molecule has 200 valence electrons. The molecule has 3 rings (SSSR count). The van der Waals surface area contributed by atoms with Gasteiger partial charge in [0.2, 0.25) is 0 Å². The Bertz CT molecular complexity index is 1430. The third kappa shape index (κ3) is 7.36. The van der Waals surface area contributed by atoms with Gasteiger partial charge in [0.1, 0.15) is 18.9 Å². The molecule has 0 bridgehead atoms. The number of hydrogen-bond donors (Lipinski definition) is 1. The quantitative estimate of drug-likeness (QED) is 0.198. The van der Waals surface area contributed by atoms with Crippen LogP contribution in [0.1, 0.15) is 16.7 Å². The Kier molecular flexibility index (Phi) is 9.18. The summed E-state index contributed by atoms with van der Waals surface area (Å²) in [6.45, 7) is 4.80. The predicted molar refractivity (Wildman–Crippen MR) is 140 cm³/mol. The molecule has 0 radical (unpaired) electrons. The zero-order valence-corrected chi connectivity index (χ0v) is 21.6. The van der Waals surface area contributed by atoms with E-state index in [1.807, 2.05) is 0 Å². The van der Waals surface area contributed by atoms with Crippen molar-refractivity contribution in [3.63, 3.8) is 0 Å². The molecular formula is C26H23ClF3N3O4S. The Morgan fingerprint density at radius 3 is 2.37 bits per heavy atom. The number of nitrogens with zero attached hydrogens (tertiary/aromatic N) is 2. The lowest BCUT2D eigenvalue weighted by atomic mass is 10.2. The average Bonchev–Trinajstić information content (AvgIpc) is 2.87. The van der Waals surface area contributed by atoms with Gasteiger partial charge in [0.15, 0.2) is 0 Å². The number of halogens is 4. The number of carbonyl (C=O) groups is 1. The summed E-state index contributed by atoms with van der Waals surface area (Å²) in [7, 11) is -4.44. The zero-order chi connectivity index (χ0) is 27.9. The van der Waals surface area contributed by atoms with E-state index in [9.17, 15) is 26.4 Å². The lowest BCUT2D eigenvalue weighted by molar-refractivity contribution is -0.137. The number of anilines is 1. The minimum atomic E-state index is -4.84. The Morgan fingerprint density at radius 1 is 1.11 bits per heavy atom. The van der Waals surface area contributed by atoms with E-state index < -0.39 is 44.9 Å². The van der Waals surface area contributed by atoms with Gasteiger partial charge < -0.3 is 4.74 Å². The number of aryl methyl sites for hydroxylation is 1. The number of amides is 1. The predicted octanol–water partition coefficient (Wildman–Crippen LogP) is 5.58. The van der Waals surface area contributed by atoms with Crippen LogP contribution in [0.5, 0.6) is 5.75 Å². The normalized spacial score (nSPS) is 11.8. The summed E-state index contributed by atoms with van der Waals surface area (Å²) in [6.07, 6.45) is -1.93. The van der Waals surface area contributed by atoms with Crippen LogP contribution in [0.4, 0.5) is 18.9 Å². The maximum Gasteiger partial charge on any atom is 0.417 e. The van der Waals surface area contributed by atoms with Crippen LogP contribution in [-0.4, -0.2) is 33.7 Å². The first kappa shape index (κ1) is 28.7. The summed E-state index contributed by atoms with van der Waals surface area (Å²) in [4.78, 5) is 12.5. The number of benzene rings is 3. The summed E-state index contributed by atoms with van der Waals surface area (Å²) in [5, 5.41) is 3.21. The van der Waals surface area contributed by atoms with Gasteiger partial charge in [-0.3, -0.25) is 9.10 Å². The van der Waals surface area contributed by atoms with E-state index in [1.54, 1.807) is 37.3 Å². The molecule has 1 amide bonds. The number of sulfonamides is 1. The third-order valence-electron chi connectivity index (χ3n) is 5.09. The molecule has 7 nitrogen and oxygen atoms in total. The second-order valence-corrected chi connectivity index (χ2v) is 10.2. The summed E-state index contributed by atoms with van der Waals surface area (Å²) in [6, 6.07) is 15.0. The fraction of sp³-hybridized carbons (Fsp3) is 0.154. The molecule has 0 fully saturated rings. The number of carbonyl (C=O) groups excluding carboxylic acids is 1. The maximum absolute atomic E-state index is 13.5. The first-order chi connectivity index (χ1) is 17.9. The van der Waals surface area contributed by atoms with Crippen molar-refractivity contribution in [1.29, 1.82) is 0 Å². The van der Waals surface area contributed by atoms with E-state index in [2.05, 4.69) is 17.1 Å². The van der Waals surface area contributed by atoms with Gasteiger partial charge in [-0.1, -0.05) is 42.0 Å². The van der Waals surface area contributed by atoms with Crippen LogP contribution in [0.2, 0.25) is 5.02 Å². The highest BCUT2D eigenvalue weighted by atomic mass is 35.5. The van der Waals surface area contributed by atoms with Gasteiger partial charge in [0.05, 0.1) is 27.4 Å².